The molecule has 0 aliphatic carbocycles. The van der Waals surface area contributed by atoms with Crippen LogP contribution in [0.1, 0.15) is 40.0 Å². The molecule has 2 unspecified atom stereocenters. The first-order valence-electron chi connectivity index (χ1n) is 7.36. The summed E-state index contributed by atoms with van der Waals surface area (Å²) in [5.41, 5.74) is 5.83. The first-order valence-corrected chi connectivity index (χ1v) is 7.36. The number of carbonyl (C=O) groups is 1. The number of rotatable bonds is 6. The number of amides is 1. The fourth-order valence-electron chi connectivity index (χ4n) is 2.58. The molecule has 1 amide bonds. The van der Waals surface area contributed by atoms with Gasteiger partial charge >= 0.3 is 0 Å². The third kappa shape index (κ3) is 3.95. The van der Waals surface area contributed by atoms with Crippen LogP contribution in [0.15, 0.2) is 0 Å². The second kappa shape index (κ2) is 7.74. The van der Waals surface area contributed by atoms with E-state index in [0.717, 1.165) is 45.6 Å². The van der Waals surface area contributed by atoms with Gasteiger partial charge < -0.3 is 10.6 Å². The molecule has 0 aromatic heterocycles. The minimum atomic E-state index is 0.164. The van der Waals surface area contributed by atoms with Crippen LogP contribution >= 0.6 is 0 Å². The van der Waals surface area contributed by atoms with Gasteiger partial charge in [0.15, 0.2) is 0 Å². The molecule has 1 fully saturated rings. The largest absolute Gasteiger partial charge is 0.340 e. The van der Waals surface area contributed by atoms with E-state index in [1.165, 1.54) is 6.42 Å². The maximum Gasteiger partial charge on any atom is 0.225 e. The minimum Gasteiger partial charge on any atom is -0.340 e. The van der Waals surface area contributed by atoms with Gasteiger partial charge in [0.2, 0.25) is 5.91 Å². The van der Waals surface area contributed by atoms with E-state index >= 15 is 0 Å². The van der Waals surface area contributed by atoms with E-state index in [0.29, 0.717) is 11.9 Å². The highest BCUT2D eigenvalue weighted by Crippen LogP contribution is 2.13. The molecule has 1 heterocycles. The van der Waals surface area contributed by atoms with E-state index in [9.17, 15) is 4.79 Å². The van der Waals surface area contributed by atoms with Gasteiger partial charge in [0.25, 0.3) is 0 Å². The highest BCUT2D eigenvalue weighted by atomic mass is 16.2. The average Bonchev–Trinajstić information content (AvgIpc) is 2.43. The summed E-state index contributed by atoms with van der Waals surface area (Å²) in [7, 11) is 0. The topological polar surface area (TPSA) is 49.6 Å². The van der Waals surface area contributed by atoms with Crippen LogP contribution in [0.5, 0.6) is 0 Å². The van der Waals surface area contributed by atoms with Gasteiger partial charge in [-0.15, -0.1) is 0 Å². The van der Waals surface area contributed by atoms with Crippen molar-refractivity contribution in [3.05, 3.63) is 0 Å². The lowest BCUT2D eigenvalue weighted by atomic mass is 10.1. The van der Waals surface area contributed by atoms with Crippen molar-refractivity contribution >= 4 is 5.91 Å². The van der Waals surface area contributed by atoms with E-state index < -0.39 is 0 Å². The number of hydrogen-bond acceptors (Lipinski definition) is 3. The summed E-state index contributed by atoms with van der Waals surface area (Å²) < 4.78 is 0. The van der Waals surface area contributed by atoms with E-state index in [4.69, 9.17) is 5.73 Å². The molecule has 4 heteroatoms. The molecule has 0 spiro atoms. The number of piperazine rings is 1. The summed E-state index contributed by atoms with van der Waals surface area (Å²) in [4.78, 5) is 16.5. The molecule has 4 nitrogen and oxygen atoms in total. The van der Waals surface area contributed by atoms with Crippen LogP contribution in [0.3, 0.4) is 0 Å². The molecule has 0 saturated carbocycles. The van der Waals surface area contributed by atoms with Crippen LogP contribution in [0.4, 0.5) is 0 Å². The molecular formula is C14H29N3O. The molecule has 0 bridgehead atoms. The molecule has 1 aliphatic heterocycles. The Kier molecular flexibility index (Phi) is 6.65. The number of nitrogens with two attached hydrogens (primary N) is 1. The van der Waals surface area contributed by atoms with Crippen LogP contribution < -0.4 is 5.73 Å². The lowest BCUT2D eigenvalue weighted by molar-refractivity contribution is -0.137. The van der Waals surface area contributed by atoms with Crippen molar-refractivity contribution in [1.82, 2.24) is 9.80 Å². The highest BCUT2D eigenvalue weighted by molar-refractivity contribution is 5.78. The summed E-state index contributed by atoms with van der Waals surface area (Å²) in [5.74, 6) is 0.481. The van der Waals surface area contributed by atoms with Gasteiger partial charge in [-0.05, 0) is 12.8 Å². The molecular weight excluding hydrogens is 226 g/mol. The summed E-state index contributed by atoms with van der Waals surface area (Å²) in [6, 6.07) is 0.496. The van der Waals surface area contributed by atoms with Crippen LogP contribution in [-0.2, 0) is 4.79 Å². The summed E-state index contributed by atoms with van der Waals surface area (Å²) in [6.45, 7) is 10.7. The second-order valence-corrected chi connectivity index (χ2v) is 5.35. The Hall–Kier alpha value is -0.610. The Labute approximate surface area is 111 Å². The highest BCUT2D eigenvalue weighted by Gasteiger charge is 2.26. The molecule has 1 rings (SSSR count). The Morgan fingerprint density at radius 2 is 1.83 bits per heavy atom. The van der Waals surface area contributed by atoms with Crippen LogP contribution in [0, 0.1) is 5.92 Å². The zero-order chi connectivity index (χ0) is 13.5. The van der Waals surface area contributed by atoms with Crippen molar-refractivity contribution in [3.63, 3.8) is 0 Å². The predicted octanol–water partition coefficient (Wildman–Crippen LogP) is 1.30. The monoisotopic (exact) mass is 255 g/mol. The van der Waals surface area contributed by atoms with Gasteiger partial charge in [-0.2, -0.15) is 0 Å². The van der Waals surface area contributed by atoms with Gasteiger partial charge in [0.1, 0.15) is 0 Å². The Balaban J connectivity index is 2.42. The van der Waals surface area contributed by atoms with Gasteiger partial charge in [0, 0.05) is 44.7 Å². The second-order valence-electron chi connectivity index (χ2n) is 5.35. The van der Waals surface area contributed by atoms with Gasteiger partial charge in [-0.3, -0.25) is 9.69 Å². The van der Waals surface area contributed by atoms with Crippen LogP contribution in [-0.4, -0.2) is 54.5 Å². The Morgan fingerprint density at radius 1 is 1.22 bits per heavy atom. The average molecular weight is 255 g/mol. The number of nitrogens with zero attached hydrogens (tertiary/aromatic N) is 2. The molecule has 1 aliphatic rings. The van der Waals surface area contributed by atoms with Crippen molar-refractivity contribution in [2.75, 3.05) is 32.7 Å². The normalized spacial score (nSPS) is 20.8. The quantitative estimate of drug-likeness (QED) is 0.778. The van der Waals surface area contributed by atoms with Crippen molar-refractivity contribution in [3.8, 4) is 0 Å². The van der Waals surface area contributed by atoms with Crippen molar-refractivity contribution in [2.24, 2.45) is 11.7 Å². The first-order chi connectivity index (χ1) is 8.63. The fraction of sp³-hybridized carbons (Fsp3) is 0.929. The lowest BCUT2D eigenvalue weighted by Crippen LogP contribution is -2.54. The molecule has 106 valence electrons. The Morgan fingerprint density at radius 3 is 2.28 bits per heavy atom. The van der Waals surface area contributed by atoms with Gasteiger partial charge in [-0.1, -0.05) is 27.2 Å². The van der Waals surface area contributed by atoms with Crippen LogP contribution in [0.2, 0.25) is 0 Å². The summed E-state index contributed by atoms with van der Waals surface area (Å²) in [5, 5.41) is 0. The zero-order valence-electron chi connectivity index (χ0n) is 12.2. The Bertz CT molecular complexity index is 249. The van der Waals surface area contributed by atoms with Crippen LogP contribution in [0.25, 0.3) is 0 Å². The third-order valence-corrected chi connectivity index (χ3v) is 4.07. The maximum absolute atomic E-state index is 12.1. The first kappa shape index (κ1) is 15.4. The molecule has 0 aromatic carbocycles. The molecule has 2 N–H and O–H groups in total. The van der Waals surface area contributed by atoms with E-state index in [2.05, 4.69) is 18.7 Å². The van der Waals surface area contributed by atoms with E-state index in [1.54, 1.807) is 0 Å². The zero-order valence-corrected chi connectivity index (χ0v) is 12.2. The SMILES string of the molecule is CCCC(CN)N1CCN(C(=O)C(C)CC)CC1. The van der Waals surface area contributed by atoms with Crippen molar-refractivity contribution in [1.29, 1.82) is 0 Å². The molecule has 0 radical (unpaired) electrons. The standard InChI is InChI=1S/C14H29N3O/c1-4-6-13(11-15)16-7-9-17(10-8-16)14(18)12(3)5-2/h12-13H,4-11,15H2,1-3H3. The summed E-state index contributed by atoms with van der Waals surface area (Å²) >= 11 is 0. The van der Waals surface area contributed by atoms with E-state index in [1.807, 2.05) is 11.8 Å². The summed E-state index contributed by atoms with van der Waals surface area (Å²) in [6.07, 6.45) is 3.27. The van der Waals surface area contributed by atoms with Crippen molar-refractivity contribution in [2.45, 2.75) is 46.1 Å². The molecule has 2 atom stereocenters. The molecule has 1 saturated heterocycles. The smallest absolute Gasteiger partial charge is 0.225 e. The molecule has 18 heavy (non-hydrogen) atoms. The minimum absolute atomic E-state index is 0.164. The molecule has 0 aromatic rings. The number of hydrogen-bond donors (Lipinski definition) is 1. The maximum atomic E-state index is 12.1. The third-order valence-electron chi connectivity index (χ3n) is 4.07. The van der Waals surface area contributed by atoms with Crippen molar-refractivity contribution < 1.29 is 4.79 Å². The van der Waals surface area contributed by atoms with Gasteiger partial charge in [0.05, 0.1) is 0 Å². The lowest BCUT2D eigenvalue weighted by Gasteiger charge is -2.39. The van der Waals surface area contributed by atoms with Gasteiger partial charge in [-0.25, -0.2) is 0 Å². The fourth-order valence-corrected chi connectivity index (χ4v) is 2.58. The van der Waals surface area contributed by atoms with E-state index in [-0.39, 0.29) is 5.92 Å². The number of carbonyl (C=O) groups excluding carboxylic acids is 1. The predicted molar refractivity (Wildman–Crippen MR) is 75.4 cm³/mol.